The molecule has 0 N–H and O–H groups in total. The standard InChI is InChI=1S/C16H18N2O2/c1-12-5-6-14(20-12)7-8-16(19)18-11-10-17-9-3-4-15(17)13(18)2/h3-9,13H,10-11H2,1-2H3/b8-7-/t13-/m0/s1. The van der Waals surface area contributed by atoms with E-state index in [2.05, 4.69) is 23.8 Å². The molecule has 1 aliphatic rings. The average molecular weight is 270 g/mol. The Morgan fingerprint density at radius 3 is 2.95 bits per heavy atom. The van der Waals surface area contributed by atoms with Crippen molar-refractivity contribution in [2.24, 2.45) is 0 Å². The summed E-state index contributed by atoms with van der Waals surface area (Å²) in [4.78, 5) is 14.2. The molecule has 0 unspecified atom stereocenters. The lowest BCUT2D eigenvalue weighted by Crippen LogP contribution is -2.39. The van der Waals surface area contributed by atoms with Gasteiger partial charge < -0.3 is 13.9 Å². The van der Waals surface area contributed by atoms with Crippen LogP contribution >= 0.6 is 0 Å². The molecule has 0 fully saturated rings. The predicted octanol–water partition coefficient (Wildman–Crippen LogP) is 3.01. The summed E-state index contributed by atoms with van der Waals surface area (Å²) in [6, 6.07) is 7.96. The molecule has 0 saturated carbocycles. The first-order valence-electron chi connectivity index (χ1n) is 6.85. The number of carbonyl (C=O) groups excluding carboxylic acids is 1. The van der Waals surface area contributed by atoms with E-state index in [0.717, 1.165) is 18.8 Å². The zero-order valence-electron chi connectivity index (χ0n) is 11.7. The first-order chi connectivity index (χ1) is 9.65. The minimum absolute atomic E-state index is 0.0269. The molecule has 4 heteroatoms. The predicted molar refractivity (Wildman–Crippen MR) is 77.0 cm³/mol. The van der Waals surface area contributed by atoms with Gasteiger partial charge in [-0.05, 0) is 44.2 Å². The molecule has 2 aromatic heterocycles. The molecule has 0 radical (unpaired) electrons. The van der Waals surface area contributed by atoms with Crippen LogP contribution in [-0.4, -0.2) is 21.9 Å². The van der Waals surface area contributed by atoms with Gasteiger partial charge in [0.1, 0.15) is 11.5 Å². The fraction of sp³-hybridized carbons (Fsp3) is 0.312. The number of fused-ring (bicyclic) bond motifs is 1. The Labute approximate surface area is 118 Å². The van der Waals surface area contributed by atoms with Crippen molar-refractivity contribution in [3.63, 3.8) is 0 Å². The number of nitrogens with zero attached hydrogens (tertiary/aromatic N) is 2. The molecule has 1 atom stereocenters. The molecule has 1 amide bonds. The fourth-order valence-corrected chi connectivity index (χ4v) is 2.67. The van der Waals surface area contributed by atoms with Crippen LogP contribution in [0.1, 0.15) is 30.2 Å². The van der Waals surface area contributed by atoms with E-state index in [9.17, 15) is 4.79 Å². The van der Waals surface area contributed by atoms with E-state index in [1.807, 2.05) is 30.0 Å². The summed E-state index contributed by atoms with van der Waals surface area (Å²) in [6.45, 7) is 5.54. The third-order valence-corrected chi connectivity index (χ3v) is 3.78. The Hall–Kier alpha value is -2.23. The van der Waals surface area contributed by atoms with Gasteiger partial charge in [0.05, 0.1) is 6.04 Å². The number of carbonyl (C=O) groups is 1. The maximum atomic E-state index is 12.3. The van der Waals surface area contributed by atoms with Crippen molar-refractivity contribution >= 4 is 12.0 Å². The lowest BCUT2D eigenvalue weighted by atomic mass is 10.1. The van der Waals surface area contributed by atoms with E-state index < -0.39 is 0 Å². The second kappa shape index (κ2) is 5.04. The van der Waals surface area contributed by atoms with Crippen LogP contribution in [0.25, 0.3) is 6.08 Å². The number of hydrogen-bond donors (Lipinski definition) is 0. The first-order valence-corrected chi connectivity index (χ1v) is 6.85. The van der Waals surface area contributed by atoms with Crippen LogP contribution in [0.2, 0.25) is 0 Å². The molecule has 1 aliphatic heterocycles. The van der Waals surface area contributed by atoms with E-state index in [1.165, 1.54) is 5.69 Å². The highest BCUT2D eigenvalue weighted by atomic mass is 16.3. The molecule has 0 bridgehead atoms. The molecular weight excluding hydrogens is 252 g/mol. The summed E-state index contributed by atoms with van der Waals surface area (Å²) in [5, 5.41) is 0. The van der Waals surface area contributed by atoms with Gasteiger partial charge in [0, 0.05) is 31.1 Å². The van der Waals surface area contributed by atoms with Crippen molar-refractivity contribution in [2.75, 3.05) is 6.54 Å². The number of aryl methyl sites for hydroxylation is 1. The van der Waals surface area contributed by atoms with Crippen LogP contribution in [0.5, 0.6) is 0 Å². The number of aromatic nitrogens is 1. The smallest absolute Gasteiger partial charge is 0.247 e. The molecule has 2 aromatic rings. The van der Waals surface area contributed by atoms with Gasteiger partial charge in [0.15, 0.2) is 0 Å². The number of rotatable bonds is 2. The normalized spacial score (nSPS) is 18.5. The van der Waals surface area contributed by atoms with Gasteiger partial charge in [0.25, 0.3) is 0 Å². The Bertz CT molecular complexity index is 651. The van der Waals surface area contributed by atoms with Crippen LogP contribution in [0.4, 0.5) is 0 Å². The van der Waals surface area contributed by atoms with Gasteiger partial charge in [-0.1, -0.05) is 0 Å². The topological polar surface area (TPSA) is 38.4 Å². The molecule has 104 valence electrons. The average Bonchev–Trinajstić information content (AvgIpc) is 3.05. The van der Waals surface area contributed by atoms with Crippen LogP contribution in [0.3, 0.4) is 0 Å². The van der Waals surface area contributed by atoms with Crippen molar-refractivity contribution in [1.29, 1.82) is 0 Å². The monoisotopic (exact) mass is 270 g/mol. The van der Waals surface area contributed by atoms with Crippen LogP contribution in [0.15, 0.2) is 41.0 Å². The molecule has 4 nitrogen and oxygen atoms in total. The summed E-state index contributed by atoms with van der Waals surface area (Å²) < 4.78 is 7.63. The zero-order valence-corrected chi connectivity index (χ0v) is 11.7. The van der Waals surface area contributed by atoms with Gasteiger partial charge in [-0.25, -0.2) is 0 Å². The van der Waals surface area contributed by atoms with E-state index in [-0.39, 0.29) is 11.9 Å². The molecular formula is C16H18N2O2. The Balaban J connectivity index is 1.74. The van der Waals surface area contributed by atoms with E-state index in [0.29, 0.717) is 5.76 Å². The fourth-order valence-electron chi connectivity index (χ4n) is 2.67. The first kappa shape index (κ1) is 12.8. The lowest BCUT2D eigenvalue weighted by molar-refractivity contribution is -0.129. The SMILES string of the molecule is Cc1ccc(/C=C\C(=O)N2CCn3cccc3[C@@H]2C)o1. The Morgan fingerprint density at radius 1 is 1.35 bits per heavy atom. The quantitative estimate of drug-likeness (QED) is 0.787. The van der Waals surface area contributed by atoms with Crippen LogP contribution in [0, 0.1) is 6.92 Å². The van der Waals surface area contributed by atoms with Crippen LogP contribution in [-0.2, 0) is 11.3 Å². The maximum Gasteiger partial charge on any atom is 0.247 e. The summed E-state index contributed by atoms with van der Waals surface area (Å²) in [5.74, 6) is 1.59. The highest BCUT2D eigenvalue weighted by Gasteiger charge is 2.25. The van der Waals surface area contributed by atoms with Crippen molar-refractivity contribution in [3.05, 3.63) is 53.8 Å². The van der Waals surface area contributed by atoms with E-state index in [1.54, 1.807) is 12.2 Å². The van der Waals surface area contributed by atoms with E-state index in [4.69, 9.17) is 4.42 Å². The number of amides is 1. The second-order valence-corrected chi connectivity index (χ2v) is 5.12. The number of furan rings is 1. The van der Waals surface area contributed by atoms with Crippen molar-refractivity contribution in [3.8, 4) is 0 Å². The third-order valence-electron chi connectivity index (χ3n) is 3.78. The van der Waals surface area contributed by atoms with Crippen LogP contribution < -0.4 is 0 Å². The largest absolute Gasteiger partial charge is 0.462 e. The molecule has 0 spiro atoms. The Kier molecular flexibility index (Phi) is 3.22. The van der Waals surface area contributed by atoms with Gasteiger partial charge in [-0.3, -0.25) is 4.79 Å². The highest BCUT2D eigenvalue weighted by Crippen LogP contribution is 2.25. The van der Waals surface area contributed by atoms with Gasteiger partial charge in [0.2, 0.25) is 5.91 Å². The zero-order chi connectivity index (χ0) is 14.1. The minimum atomic E-state index is 0.0269. The van der Waals surface area contributed by atoms with Gasteiger partial charge in [-0.15, -0.1) is 0 Å². The molecule has 20 heavy (non-hydrogen) atoms. The van der Waals surface area contributed by atoms with Crippen molar-refractivity contribution in [1.82, 2.24) is 9.47 Å². The molecule has 3 rings (SSSR count). The Morgan fingerprint density at radius 2 is 2.20 bits per heavy atom. The van der Waals surface area contributed by atoms with Gasteiger partial charge in [-0.2, -0.15) is 0 Å². The molecule has 0 aromatic carbocycles. The third kappa shape index (κ3) is 2.29. The maximum absolute atomic E-state index is 12.3. The summed E-state index contributed by atoms with van der Waals surface area (Å²) in [7, 11) is 0. The van der Waals surface area contributed by atoms with E-state index >= 15 is 0 Å². The van der Waals surface area contributed by atoms with Crippen molar-refractivity contribution < 1.29 is 9.21 Å². The van der Waals surface area contributed by atoms with Crippen molar-refractivity contribution in [2.45, 2.75) is 26.4 Å². The molecule has 0 aliphatic carbocycles. The van der Waals surface area contributed by atoms with Gasteiger partial charge >= 0.3 is 0 Å². The molecule has 3 heterocycles. The summed E-state index contributed by atoms with van der Waals surface area (Å²) in [6.07, 6.45) is 5.39. The number of hydrogen-bond acceptors (Lipinski definition) is 2. The second-order valence-electron chi connectivity index (χ2n) is 5.12. The molecule has 0 saturated heterocycles. The minimum Gasteiger partial charge on any atom is -0.462 e. The summed E-state index contributed by atoms with van der Waals surface area (Å²) in [5.41, 5.74) is 1.19. The lowest BCUT2D eigenvalue weighted by Gasteiger charge is -2.34. The highest BCUT2D eigenvalue weighted by molar-refractivity contribution is 5.91. The summed E-state index contributed by atoms with van der Waals surface area (Å²) >= 11 is 0.